The molecular weight excluding hydrogens is 460 g/mol. The maximum absolute atomic E-state index is 14.2. The Morgan fingerprint density at radius 3 is 2.58 bits per heavy atom. The molecule has 0 aliphatic carbocycles. The van der Waals surface area contributed by atoms with Gasteiger partial charge >= 0.3 is 6.18 Å². The van der Waals surface area contributed by atoms with Gasteiger partial charge in [-0.3, -0.25) is 14.9 Å². The smallest absolute Gasteiger partial charge is 0.296 e. The lowest BCUT2D eigenvalue weighted by molar-refractivity contribution is -0.137. The van der Waals surface area contributed by atoms with Crippen molar-refractivity contribution in [3.8, 4) is 16.9 Å². The topological polar surface area (TPSA) is 76.9 Å². The molecule has 0 bridgehead atoms. The van der Waals surface area contributed by atoms with Crippen molar-refractivity contribution < 1.29 is 22.4 Å². The molecular formula is C22H14F4N4O2S. The van der Waals surface area contributed by atoms with Crippen LogP contribution < -0.4 is 10.7 Å². The van der Waals surface area contributed by atoms with E-state index >= 15 is 0 Å². The Balaban J connectivity index is 1.62. The Morgan fingerprint density at radius 1 is 1.09 bits per heavy atom. The number of hydrogen-bond donors (Lipinski definition) is 1. The van der Waals surface area contributed by atoms with Crippen LogP contribution in [0.4, 0.5) is 22.7 Å². The van der Waals surface area contributed by atoms with Gasteiger partial charge in [0.05, 0.1) is 11.3 Å². The average Bonchev–Trinajstić information content (AvgIpc) is 3.22. The number of anilines is 1. The number of para-hydroxylation sites is 1. The van der Waals surface area contributed by atoms with Gasteiger partial charge < -0.3 is 0 Å². The van der Waals surface area contributed by atoms with Crippen molar-refractivity contribution >= 4 is 22.4 Å². The SMILES string of the molecule is Cc1cc(=O)c(C(=O)Nc2nc(-c3cccc(C(F)(F)F)c3)cs2)nn1-c1ccccc1F. The molecule has 0 spiro atoms. The molecule has 0 saturated carbocycles. The highest BCUT2D eigenvalue weighted by atomic mass is 32.1. The van der Waals surface area contributed by atoms with Crippen molar-refractivity contribution in [2.45, 2.75) is 13.1 Å². The van der Waals surface area contributed by atoms with E-state index in [0.717, 1.165) is 34.2 Å². The third-order valence-corrected chi connectivity index (χ3v) is 5.37. The van der Waals surface area contributed by atoms with Gasteiger partial charge in [0, 0.05) is 22.7 Å². The molecule has 0 aliphatic heterocycles. The molecule has 11 heteroatoms. The molecule has 2 aromatic heterocycles. The molecule has 4 aromatic rings. The van der Waals surface area contributed by atoms with E-state index in [0.29, 0.717) is 5.69 Å². The third-order valence-electron chi connectivity index (χ3n) is 4.61. The number of aromatic nitrogens is 3. The lowest BCUT2D eigenvalue weighted by Crippen LogP contribution is -2.27. The highest BCUT2D eigenvalue weighted by Gasteiger charge is 2.30. The number of amides is 1. The Labute approximate surface area is 188 Å². The molecule has 0 saturated heterocycles. The molecule has 6 nitrogen and oxygen atoms in total. The summed E-state index contributed by atoms with van der Waals surface area (Å²) in [5.74, 6) is -1.47. The summed E-state index contributed by atoms with van der Waals surface area (Å²) in [6.45, 7) is 1.55. The van der Waals surface area contributed by atoms with Crippen LogP contribution >= 0.6 is 11.3 Å². The normalized spacial score (nSPS) is 11.4. The van der Waals surface area contributed by atoms with Gasteiger partial charge in [0.2, 0.25) is 5.43 Å². The second-order valence-electron chi connectivity index (χ2n) is 6.93. The number of aryl methyl sites for hydroxylation is 1. The first-order chi connectivity index (χ1) is 15.6. The van der Waals surface area contributed by atoms with E-state index in [1.165, 1.54) is 35.7 Å². The van der Waals surface area contributed by atoms with Gasteiger partial charge in [-0.25, -0.2) is 14.1 Å². The summed E-state index contributed by atoms with van der Waals surface area (Å²) >= 11 is 0.972. The standard InChI is InChI=1S/C22H14F4N4O2S/c1-12-9-18(31)19(29-30(12)17-8-3-2-7-15(17)23)20(32)28-21-27-16(11-33-21)13-5-4-6-14(10-13)22(24,25)26/h2-11H,1H3,(H,27,28,32). The van der Waals surface area contributed by atoms with Crippen LogP contribution in [0.15, 0.2) is 64.8 Å². The minimum Gasteiger partial charge on any atom is -0.296 e. The van der Waals surface area contributed by atoms with Crippen molar-refractivity contribution in [2.24, 2.45) is 0 Å². The van der Waals surface area contributed by atoms with E-state index in [9.17, 15) is 27.2 Å². The number of carbonyl (C=O) groups is 1. The molecule has 0 fully saturated rings. The van der Waals surface area contributed by atoms with Crippen LogP contribution in [0.1, 0.15) is 21.7 Å². The molecule has 2 heterocycles. The fraction of sp³-hybridized carbons (Fsp3) is 0.0909. The second kappa shape index (κ2) is 8.58. The molecule has 1 amide bonds. The summed E-state index contributed by atoms with van der Waals surface area (Å²) in [5, 5.41) is 7.97. The number of alkyl halides is 3. The number of carbonyl (C=O) groups excluding carboxylic acids is 1. The van der Waals surface area contributed by atoms with Crippen LogP contribution in [0, 0.1) is 12.7 Å². The highest BCUT2D eigenvalue weighted by molar-refractivity contribution is 7.14. The minimum absolute atomic E-state index is 0.0603. The van der Waals surface area contributed by atoms with Crippen LogP contribution in [0.2, 0.25) is 0 Å². The molecule has 33 heavy (non-hydrogen) atoms. The van der Waals surface area contributed by atoms with Crippen LogP contribution in [-0.2, 0) is 6.18 Å². The summed E-state index contributed by atoms with van der Waals surface area (Å²) in [7, 11) is 0. The van der Waals surface area contributed by atoms with Gasteiger partial charge in [0.25, 0.3) is 5.91 Å². The first-order valence-electron chi connectivity index (χ1n) is 9.44. The van der Waals surface area contributed by atoms with Crippen molar-refractivity contribution in [3.63, 3.8) is 0 Å². The van der Waals surface area contributed by atoms with E-state index < -0.39 is 34.6 Å². The number of hydrogen-bond acceptors (Lipinski definition) is 5. The molecule has 0 aliphatic rings. The summed E-state index contributed by atoms with van der Waals surface area (Å²) < 4.78 is 54.2. The van der Waals surface area contributed by atoms with Gasteiger partial charge in [-0.2, -0.15) is 18.3 Å². The minimum atomic E-state index is -4.50. The molecule has 4 rings (SSSR count). The number of rotatable bonds is 4. The fourth-order valence-electron chi connectivity index (χ4n) is 3.05. The number of nitrogens with one attached hydrogen (secondary N) is 1. The van der Waals surface area contributed by atoms with E-state index in [1.54, 1.807) is 13.0 Å². The molecule has 0 radical (unpaired) electrons. The molecule has 2 aromatic carbocycles. The summed E-state index contributed by atoms with van der Waals surface area (Å²) in [5.41, 5.74) is -1.16. The summed E-state index contributed by atoms with van der Waals surface area (Å²) in [4.78, 5) is 29.2. The maximum Gasteiger partial charge on any atom is 0.416 e. The van der Waals surface area contributed by atoms with Gasteiger partial charge in [0.1, 0.15) is 11.5 Å². The summed E-state index contributed by atoms with van der Waals surface area (Å²) in [6.07, 6.45) is -4.50. The Bertz CT molecular complexity index is 1410. The van der Waals surface area contributed by atoms with E-state index in [-0.39, 0.29) is 22.1 Å². The molecule has 168 valence electrons. The number of nitrogens with zero attached hydrogens (tertiary/aromatic N) is 3. The zero-order valence-electron chi connectivity index (χ0n) is 16.9. The molecule has 0 atom stereocenters. The number of thiazole rings is 1. The first-order valence-corrected chi connectivity index (χ1v) is 10.3. The predicted molar refractivity (Wildman–Crippen MR) is 115 cm³/mol. The van der Waals surface area contributed by atoms with Crippen LogP contribution in [0.5, 0.6) is 0 Å². The van der Waals surface area contributed by atoms with Crippen molar-refractivity contribution in [2.75, 3.05) is 5.32 Å². The zero-order valence-corrected chi connectivity index (χ0v) is 17.7. The Kier molecular flexibility index (Phi) is 5.81. The van der Waals surface area contributed by atoms with Crippen molar-refractivity contribution in [1.82, 2.24) is 14.8 Å². The third kappa shape index (κ3) is 4.67. The predicted octanol–water partition coefficient (Wildman–Crippen LogP) is 5.07. The van der Waals surface area contributed by atoms with Crippen molar-refractivity contribution in [1.29, 1.82) is 0 Å². The van der Waals surface area contributed by atoms with Crippen LogP contribution in [0.3, 0.4) is 0 Å². The monoisotopic (exact) mass is 474 g/mol. The highest BCUT2D eigenvalue weighted by Crippen LogP contribution is 2.33. The lowest BCUT2D eigenvalue weighted by atomic mass is 10.1. The summed E-state index contributed by atoms with van der Waals surface area (Å²) in [6, 6.07) is 11.5. The largest absolute Gasteiger partial charge is 0.416 e. The van der Waals surface area contributed by atoms with E-state index in [4.69, 9.17) is 0 Å². The van der Waals surface area contributed by atoms with Crippen LogP contribution in [0.25, 0.3) is 16.9 Å². The quantitative estimate of drug-likeness (QED) is 0.419. The van der Waals surface area contributed by atoms with E-state index in [1.807, 2.05) is 0 Å². The number of benzene rings is 2. The fourth-order valence-corrected chi connectivity index (χ4v) is 3.76. The van der Waals surface area contributed by atoms with Gasteiger partial charge in [0.15, 0.2) is 10.8 Å². The first kappa shape index (κ1) is 22.3. The Hall–Kier alpha value is -3.86. The van der Waals surface area contributed by atoms with E-state index in [2.05, 4.69) is 15.4 Å². The zero-order chi connectivity index (χ0) is 23.8. The maximum atomic E-state index is 14.2. The Morgan fingerprint density at radius 2 is 1.85 bits per heavy atom. The lowest BCUT2D eigenvalue weighted by Gasteiger charge is -2.11. The average molecular weight is 474 g/mol. The van der Waals surface area contributed by atoms with Crippen LogP contribution in [-0.4, -0.2) is 20.7 Å². The van der Waals surface area contributed by atoms with Crippen molar-refractivity contribution in [3.05, 3.63) is 93.0 Å². The van der Waals surface area contributed by atoms with Gasteiger partial charge in [-0.15, -0.1) is 11.3 Å². The number of halogens is 4. The molecule has 1 N–H and O–H groups in total. The molecule has 0 unspecified atom stereocenters. The van der Waals surface area contributed by atoms with Gasteiger partial charge in [-0.05, 0) is 31.2 Å². The van der Waals surface area contributed by atoms with Gasteiger partial charge in [-0.1, -0.05) is 24.3 Å². The second-order valence-corrected chi connectivity index (χ2v) is 7.79.